The Labute approximate surface area is 95.4 Å². The Balaban J connectivity index is 2.56. The number of amides is 1. The SMILES string of the molecule is O=C(CC(F)(F)F)Nc1ccc(CCl)cc1. The van der Waals surface area contributed by atoms with Crippen LogP contribution in [0.15, 0.2) is 24.3 Å². The number of carbonyl (C=O) groups excluding carboxylic acids is 1. The van der Waals surface area contributed by atoms with Crippen molar-refractivity contribution in [1.82, 2.24) is 0 Å². The predicted octanol–water partition coefficient (Wildman–Crippen LogP) is 3.32. The van der Waals surface area contributed by atoms with Gasteiger partial charge in [-0.3, -0.25) is 4.79 Å². The Morgan fingerprint density at radius 3 is 2.25 bits per heavy atom. The first-order valence-electron chi connectivity index (χ1n) is 4.42. The zero-order chi connectivity index (χ0) is 12.2. The van der Waals surface area contributed by atoms with Crippen molar-refractivity contribution in [1.29, 1.82) is 0 Å². The lowest BCUT2D eigenvalue weighted by molar-refractivity contribution is -0.150. The van der Waals surface area contributed by atoms with Crippen molar-refractivity contribution in [3.8, 4) is 0 Å². The molecule has 0 fully saturated rings. The second kappa shape index (κ2) is 5.21. The normalized spacial score (nSPS) is 11.2. The molecule has 0 atom stereocenters. The molecule has 88 valence electrons. The minimum Gasteiger partial charge on any atom is -0.326 e. The second-order valence-electron chi connectivity index (χ2n) is 3.17. The molecule has 0 aliphatic rings. The highest BCUT2D eigenvalue weighted by Gasteiger charge is 2.31. The highest BCUT2D eigenvalue weighted by molar-refractivity contribution is 6.17. The fourth-order valence-electron chi connectivity index (χ4n) is 1.06. The van der Waals surface area contributed by atoms with Gasteiger partial charge in [0.15, 0.2) is 0 Å². The molecule has 1 aromatic rings. The van der Waals surface area contributed by atoms with E-state index in [1.54, 1.807) is 12.1 Å². The molecule has 0 saturated heterocycles. The van der Waals surface area contributed by atoms with Gasteiger partial charge < -0.3 is 5.32 Å². The summed E-state index contributed by atoms with van der Waals surface area (Å²) in [5, 5.41) is 2.15. The van der Waals surface area contributed by atoms with Crippen molar-refractivity contribution in [2.75, 3.05) is 5.32 Å². The number of rotatable bonds is 3. The standard InChI is InChI=1S/C10H9ClF3NO/c11-6-7-1-3-8(4-2-7)15-9(16)5-10(12,13)14/h1-4H,5-6H2,(H,15,16). The fourth-order valence-corrected chi connectivity index (χ4v) is 1.24. The Morgan fingerprint density at radius 1 is 1.25 bits per heavy atom. The lowest BCUT2D eigenvalue weighted by Crippen LogP contribution is -2.21. The van der Waals surface area contributed by atoms with E-state index in [9.17, 15) is 18.0 Å². The molecular weight excluding hydrogens is 243 g/mol. The Morgan fingerprint density at radius 2 is 1.81 bits per heavy atom. The minimum absolute atomic E-state index is 0.316. The van der Waals surface area contributed by atoms with Crippen molar-refractivity contribution < 1.29 is 18.0 Å². The van der Waals surface area contributed by atoms with E-state index >= 15 is 0 Å². The Hall–Kier alpha value is -1.23. The Kier molecular flexibility index (Phi) is 4.18. The second-order valence-corrected chi connectivity index (χ2v) is 3.44. The summed E-state index contributed by atoms with van der Waals surface area (Å²) in [6.45, 7) is 0. The third kappa shape index (κ3) is 4.53. The first kappa shape index (κ1) is 12.8. The van der Waals surface area contributed by atoms with Gasteiger partial charge in [-0.2, -0.15) is 13.2 Å². The summed E-state index contributed by atoms with van der Waals surface area (Å²) in [7, 11) is 0. The van der Waals surface area contributed by atoms with Crippen LogP contribution in [0.2, 0.25) is 0 Å². The van der Waals surface area contributed by atoms with E-state index in [1.165, 1.54) is 12.1 Å². The molecule has 1 aromatic carbocycles. The van der Waals surface area contributed by atoms with E-state index < -0.39 is 18.5 Å². The van der Waals surface area contributed by atoms with Gasteiger partial charge in [-0.1, -0.05) is 12.1 Å². The van der Waals surface area contributed by atoms with Crippen molar-refractivity contribution >= 4 is 23.2 Å². The zero-order valence-corrected chi connectivity index (χ0v) is 8.90. The van der Waals surface area contributed by atoms with Crippen molar-refractivity contribution in [2.24, 2.45) is 0 Å². The number of hydrogen-bond donors (Lipinski definition) is 1. The van der Waals surface area contributed by atoms with Gasteiger partial charge in [0, 0.05) is 11.6 Å². The van der Waals surface area contributed by atoms with Gasteiger partial charge in [0.2, 0.25) is 5.91 Å². The van der Waals surface area contributed by atoms with Crippen molar-refractivity contribution in [3.63, 3.8) is 0 Å². The maximum Gasteiger partial charge on any atom is 0.397 e. The van der Waals surface area contributed by atoms with Crippen LogP contribution < -0.4 is 5.32 Å². The fraction of sp³-hybridized carbons (Fsp3) is 0.300. The molecule has 16 heavy (non-hydrogen) atoms. The third-order valence-electron chi connectivity index (χ3n) is 1.75. The summed E-state index contributed by atoms with van der Waals surface area (Å²) < 4.78 is 35.5. The molecule has 0 spiro atoms. The van der Waals surface area contributed by atoms with E-state index in [-0.39, 0.29) is 0 Å². The summed E-state index contributed by atoms with van der Waals surface area (Å²) in [5.74, 6) is -0.761. The number of benzene rings is 1. The minimum atomic E-state index is -4.49. The molecule has 1 amide bonds. The molecule has 0 unspecified atom stereocenters. The molecule has 0 aliphatic heterocycles. The zero-order valence-electron chi connectivity index (χ0n) is 8.14. The number of hydrogen-bond acceptors (Lipinski definition) is 1. The van der Waals surface area contributed by atoms with Crippen LogP contribution >= 0.6 is 11.6 Å². The van der Waals surface area contributed by atoms with Crippen LogP contribution in [0.1, 0.15) is 12.0 Å². The van der Waals surface area contributed by atoms with Crippen LogP contribution in [0.4, 0.5) is 18.9 Å². The molecule has 0 heterocycles. The molecule has 0 aromatic heterocycles. The summed E-state index contributed by atoms with van der Waals surface area (Å²) in [6, 6.07) is 6.28. The van der Waals surface area contributed by atoms with Crippen molar-refractivity contribution in [3.05, 3.63) is 29.8 Å². The van der Waals surface area contributed by atoms with Gasteiger partial charge in [-0.05, 0) is 17.7 Å². The summed E-state index contributed by atoms with van der Waals surface area (Å²) in [5.41, 5.74) is 1.15. The van der Waals surface area contributed by atoms with Crippen molar-refractivity contribution in [2.45, 2.75) is 18.5 Å². The van der Waals surface area contributed by atoms with Gasteiger partial charge in [0.1, 0.15) is 6.42 Å². The largest absolute Gasteiger partial charge is 0.397 e. The average molecular weight is 252 g/mol. The summed E-state index contributed by atoms with van der Waals surface area (Å²) in [6.07, 6.45) is -5.97. The predicted molar refractivity (Wildman–Crippen MR) is 55.3 cm³/mol. The number of nitrogens with one attached hydrogen (secondary N) is 1. The molecule has 2 nitrogen and oxygen atoms in total. The van der Waals surface area contributed by atoms with Crippen LogP contribution in [0.5, 0.6) is 0 Å². The van der Waals surface area contributed by atoms with Gasteiger partial charge in [0.05, 0.1) is 0 Å². The topological polar surface area (TPSA) is 29.1 Å². The molecular formula is C10H9ClF3NO. The molecule has 1 N–H and O–H groups in total. The van der Waals surface area contributed by atoms with Gasteiger partial charge >= 0.3 is 6.18 Å². The lowest BCUT2D eigenvalue weighted by Gasteiger charge is -2.07. The van der Waals surface area contributed by atoms with Crippen LogP contribution in [0.3, 0.4) is 0 Å². The molecule has 6 heteroatoms. The van der Waals surface area contributed by atoms with Gasteiger partial charge in [-0.15, -0.1) is 11.6 Å². The number of anilines is 1. The van der Waals surface area contributed by atoms with E-state index in [4.69, 9.17) is 11.6 Å². The third-order valence-corrected chi connectivity index (χ3v) is 2.06. The van der Waals surface area contributed by atoms with E-state index in [0.717, 1.165) is 5.56 Å². The lowest BCUT2D eigenvalue weighted by atomic mass is 10.2. The summed E-state index contributed by atoms with van der Waals surface area (Å²) >= 11 is 5.54. The number of alkyl halides is 4. The first-order chi connectivity index (χ1) is 7.40. The maximum absolute atomic E-state index is 11.8. The number of halogens is 4. The monoisotopic (exact) mass is 251 g/mol. The molecule has 0 radical (unpaired) electrons. The summed E-state index contributed by atoms with van der Waals surface area (Å²) in [4.78, 5) is 10.9. The van der Waals surface area contributed by atoms with Crippen LogP contribution in [0, 0.1) is 0 Å². The van der Waals surface area contributed by atoms with E-state index in [0.29, 0.717) is 11.6 Å². The van der Waals surface area contributed by atoms with Gasteiger partial charge in [0.25, 0.3) is 0 Å². The van der Waals surface area contributed by atoms with Crippen LogP contribution in [0.25, 0.3) is 0 Å². The number of carbonyl (C=O) groups is 1. The smallest absolute Gasteiger partial charge is 0.326 e. The van der Waals surface area contributed by atoms with E-state index in [1.807, 2.05) is 0 Å². The average Bonchev–Trinajstić information content (AvgIpc) is 2.16. The Bertz CT molecular complexity index is 361. The molecule has 0 bridgehead atoms. The molecule has 0 saturated carbocycles. The first-order valence-corrected chi connectivity index (χ1v) is 4.95. The molecule has 0 aliphatic carbocycles. The van der Waals surface area contributed by atoms with E-state index in [2.05, 4.69) is 5.32 Å². The highest BCUT2D eigenvalue weighted by atomic mass is 35.5. The maximum atomic E-state index is 11.8. The molecule has 1 rings (SSSR count). The van der Waals surface area contributed by atoms with Crippen LogP contribution in [-0.2, 0) is 10.7 Å². The quantitative estimate of drug-likeness (QED) is 0.821. The van der Waals surface area contributed by atoms with Crippen LogP contribution in [-0.4, -0.2) is 12.1 Å². The highest BCUT2D eigenvalue weighted by Crippen LogP contribution is 2.20. The van der Waals surface area contributed by atoms with Gasteiger partial charge in [-0.25, -0.2) is 0 Å².